The molecule has 2 heterocycles. The molecule has 4 amide bonds. The highest BCUT2D eigenvalue weighted by atomic mass is 16.2. The van der Waals surface area contributed by atoms with Gasteiger partial charge in [-0.2, -0.15) is 0 Å². The van der Waals surface area contributed by atoms with E-state index in [2.05, 4.69) is 16.0 Å². The molecule has 2 fully saturated rings. The zero-order chi connectivity index (χ0) is 17.3. The quantitative estimate of drug-likeness (QED) is 0.755. The standard InChI is InChI=1S/C17H22N4O3/c1-10(12-6-4-3-5-7-12)19-17(24)20-13-8-14-15(22)18-11(2)16(23)21(14)9-13/h3-7,10-11,13-14H,8-9H2,1-2H3,(H,18,22)(H2,19,20,24)/t10-,11-,13+,14+/m1/s1. The first-order valence-corrected chi connectivity index (χ1v) is 8.18. The van der Waals surface area contributed by atoms with Gasteiger partial charge < -0.3 is 20.9 Å². The first kappa shape index (κ1) is 16.3. The second-order valence-corrected chi connectivity index (χ2v) is 6.42. The van der Waals surface area contributed by atoms with E-state index in [-0.39, 0.29) is 29.9 Å². The highest BCUT2D eigenvalue weighted by Gasteiger charge is 2.45. The molecule has 0 bridgehead atoms. The van der Waals surface area contributed by atoms with Gasteiger partial charge in [0.05, 0.1) is 12.1 Å². The van der Waals surface area contributed by atoms with Crippen molar-refractivity contribution >= 4 is 17.8 Å². The van der Waals surface area contributed by atoms with Crippen molar-refractivity contribution in [1.82, 2.24) is 20.9 Å². The van der Waals surface area contributed by atoms with Crippen LogP contribution in [0.3, 0.4) is 0 Å². The van der Waals surface area contributed by atoms with Crippen molar-refractivity contribution in [1.29, 1.82) is 0 Å². The zero-order valence-electron chi connectivity index (χ0n) is 13.8. The van der Waals surface area contributed by atoms with Crippen molar-refractivity contribution in [3.05, 3.63) is 35.9 Å². The molecule has 1 aromatic carbocycles. The van der Waals surface area contributed by atoms with E-state index in [4.69, 9.17) is 0 Å². The third-order valence-corrected chi connectivity index (χ3v) is 4.60. The molecular formula is C17H22N4O3. The molecule has 1 aromatic rings. The smallest absolute Gasteiger partial charge is 0.315 e. The minimum atomic E-state index is -0.501. The van der Waals surface area contributed by atoms with E-state index in [1.165, 1.54) is 0 Å². The normalized spacial score (nSPS) is 27.2. The van der Waals surface area contributed by atoms with Crippen molar-refractivity contribution in [2.75, 3.05) is 6.54 Å². The van der Waals surface area contributed by atoms with Gasteiger partial charge in [-0.25, -0.2) is 4.79 Å². The highest BCUT2D eigenvalue weighted by Crippen LogP contribution is 2.22. The first-order chi connectivity index (χ1) is 11.5. The number of carbonyl (C=O) groups is 3. The predicted molar refractivity (Wildman–Crippen MR) is 88.0 cm³/mol. The Morgan fingerprint density at radius 1 is 1.29 bits per heavy atom. The summed E-state index contributed by atoms with van der Waals surface area (Å²) in [5, 5.41) is 8.42. The fourth-order valence-electron chi connectivity index (χ4n) is 3.30. The van der Waals surface area contributed by atoms with E-state index in [1.54, 1.807) is 11.8 Å². The van der Waals surface area contributed by atoms with Gasteiger partial charge in [0.2, 0.25) is 11.8 Å². The van der Waals surface area contributed by atoms with Gasteiger partial charge in [0.15, 0.2) is 0 Å². The maximum atomic E-state index is 12.2. The van der Waals surface area contributed by atoms with Crippen LogP contribution in [0.2, 0.25) is 0 Å². The summed E-state index contributed by atoms with van der Waals surface area (Å²) in [4.78, 5) is 37.9. The summed E-state index contributed by atoms with van der Waals surface area (Å²) in [5.41, 5.74) is 1.01. The topological polar surface area (TPSA) is 90.5 Å². The van der Waals surface area contributed by atoms with Gasteiger partial charge in [0, 0.05) is 6.54 Å². The van der Waals surface area contributed by atoms with Crippen molar-refractivity contribution in [3.63, 3.8) is 0 Å². The summed E-state index contributed by atoms with van der Waals surface area (Å²) in [5.74, 6) is -0.244. The number of nitrogens with zero attached hydrogens (tertiary/aromatic N) is 1. The van der Waals surface area contributed by atoms with Crippen LogP contribution in [0.25, 0.3) is 0 Å². The van der Waals surface area contributed by atoms with Crippen LogP contribution in [-0.2, 0) is 9.59 Å². The van der Waals surface area contributed by atoms with Crippen LogP contribution in [0.5, 0.6) is 0 Å². The van der Waals surface area contributed by atoms with Gasteiger partial charge in [0.25, 0.3) is 0 Å². The number of benzene rings is 1. The molecule has 7 heteroatoms. The minimum absolute atomic E-state index is 0.0954. The lowest BCUT2D eigenvalue weighted by molar-refractivity contribution is -0.146. The van der Waals surface area contributed by atoms with E-state index >= 15 is 0 Å². The molecule has 128 valence electrons. The molecule has 0 unspecified atom stereocenters. The fraction of sp³-hybridized carbons (Fsp3) is 0.471. The molecular weight excluding hydrogens is 308 g/mol. The summed E-state index contributed by atoms with van der Waals surface area (Å²) < 4.78 is 0. The second kappa shape index (κ2) is 6.51. The number of hydrogen-bond acceptors (Lipinski definition) is 3. The molecule has 0 saturated carbocycles. The molecule has 3 rings (SSSR count). The Kier molecular flexibility index (Phi) is 4.42. The highest BCUT2D eigenvalue weighted by molar-refractivity contribution is 5.97. The molecule has 4 atom stereocenters. The van der Waals surface area contributed by atoms with Gasteiger partial charge >= 0.3 is 6.03 Å². The number of rotatable bonds is 3. The SMILES string of the molecule is C[C@H]1NC(=O)[C@@H]2C[C@H](NC(=O)N[C@H](C)c3ccccc3)CN2C1=O. The molecule has 24 heavy (non-hydrogen) atoms. The number of carbonyl (C=O) groups excluding carboxylic acids is 3. The van der Waals surface area contributed by atoms with Crippen LogP contribution in [0.4, 0.5) is 4.79 Å². The van der Waals surface area contributed by atoms with Crippen LogP contribution in [-0.4, -0.2) is 47.4 Å². The van der Waals surface area contributed by atoms with E-state index in [1.807, 2.05) is 37.3 Å². The number of nitrogens with one attached hydrogen (secondary N) is 3. The number of hydrogen-bond donors (Lipinski definition) is 3. The second-order valence-electron chi connectivity index (χ2n) is 6.42. The van der Waals surface area contributed by atoms with Crippen molar-refractivity contribution in [2.45, 2.75) is 44.4 Å². The van der Waals surface area contributed by atoms with Crippen molar-refractivity contribution < 1.29 is 14.4 Å². The molecule has 2 aliphatic rings. The minimum Gasteiger partial charge on any atom is -0.343 e. The maximum absolute atomic E-state index is 12.2. The molecule has 7 nitrogen and oxygen atoms in total. The van der Waals surface area contributed by atoms with Crippen LogP contribution in [0.1, 0.15) is 31.9 Å². The molecule has 3 N–H and O–H groups in total. The van der Waals surface area contributed by atoms with Crippen molar-refractivity contribution in [2.24, 2.45) is 0 Å². The van der Waals surface area contributed by atoms with Gasteiger partial charge in [-0.05, 0) is 25.8 Å². The monoisotopic (exact) mass is 330 g/mol. The summed E-state index contributed by atoms with van der Waals surface area (Å²) in [6.45, 7) is 3.95. The number of urea groups is 1. The summed E-state index contributed by atoms with van der Waals surface area (Å²) in [6, 6.07) is 8.04. The lowest BCUT2D eigenvalue weighted by Crippen LogP contribution is -2.60. The summed E-state index contributed by atoms with van der Waals surface area (Å²) in [6.07, 6.45) is 0.442. The molecule has 0 aromatic heterocycles. The molecule has 2 aliphatic heterocycles. The van der Waals surface area contributed by atoms with Crippen LogP contribution in [0, 0.1) is 0 Å². The lowest BCUT2D eigenvalue weighted by atomic mass is 10.1. The van der Waals surface area contributed by atoms with Crippen LogP contribution >= 0.6 is 0 Å². The lowest BCUT2D eigenvalue weighted by Gasteiger charge is -2.32. The Bertz CT molecular complexity index is 648. The average molecular weight is 330 g/mol. The van der Waals surface area contributed by atoms with Crippen molar-refractivity contribution in [3.8, 4) is 0 Å². The number of piperazine rings is 1. The Hall–Kier alpha value is -2.57. The summed E-state index contributed by atoms with van der Waals surface area (Å²) in [7, 11) is 0. The first-order valence-electron chi connectivity index (χ1n) is 8.18. The molecule has 2 saturated heterocycles. The Morgan fingerprint density at radius 2 is 2.00 bits per heavy atom. The molecule has 0 radical (unpaired) electrons. The van der Waals surface area contributed by atoms with Gasteiger partial charge in [-0.15, -0.1) is 0 Å². The van der Waals surface area contributed by atoms with Gasteiger partial charge in [0.1, 0.15) is 12.1 Å². The van der Waals surface area contributed by atoms with E-state index in [0.29, 0.717) is 13.0 Å². The Labute approximate surface area is 140 Å². The third kappa shape index (κ3) is 3.20. The Balaban J connectivity index is 1.56. The zero-order valence-corrected chi connectivity index (χ0v) is 13.8. The van der Waals surface area contributed by atoms with E-state index < -0.39 is 12.1 Å². The van der Waals surface area contributed by atoms with E-state index in [9.17, 15) is 14.4 Å². The van der Waals surface area contributed by atoms with Crippen LogP contribution in [0.15, 0.2) is 30.3 Å². The van der Waals surface area contributed by atoms with Gasteiger partial charge in [-0.1, -0.05) is 30.3 Å². The predicted octanol–water partition coefficient (Wildman–Crippen LogP) is 0.535. The Morgan fingerprint density at radius 3 is 2.71 bits per heavy atom. The number of amides is 4. The van der Waals surface area contributed by atoms with E-state index in [0.717, 1.165) is 5.56 Å². The van der Waals surface area contributed by atoms with Crippen LogP contribution < -0.4 is 16.0 Å². The maximum Gasteiger partial charge on any atom is 0.315 e. The third-order valence-electron chi connectivity index (χ3n) is 4.60. The van der Waals surface area contributed by atoms with Gasteiger partial charge in [-0.3, -0.25) is 9.59 Å². The average Bonchev–Trinajstić information content (AvgIpc) is 2.98. The fourth-order valence-corrected chi connectivity index (χ4v) is 3.30. The summed E-state index contributed by atoms with van der Waals surface area (Å²) >= 11 is 0. The molecule has 0 aliphatic carbocycles. The number of fused-ring (bicyclic) bond motifs is 1. The largest absolute Gasteiger partial charge is 0.343 e. The molecule has 0 spiro atoms.